The molecule has 0 spiro atoms. The van der Waals surface area contributed by atoms with E-state index in [1.165, 1.54) is 27.4 Å². The summed E-state index contributed by atoms with van der Waals surface area (Å²) in [5, 5.41) is 2.57. The predicted octanol–water partition coefficient (Wildman–Crippen LogP) is 3.64. The highest BCUT2D eigenvalue weighted by atomic mass is 14.9. The molecule has 0 atom stereocenters. The van der Waals surface area contributed by atoms with E-state index in [1.54, 1.807) is 6.33 Å². The average molecular weight is 247 g/mol. The first-order valence-corrected chi connectivity index (χ1v) is 6.37. The van der Waals surface area contributed by atoms with Gasteiger partial charge in [0.25, 0.3) is 0 Å². The summed E-state index contributed by atoms with van der Waals surface area (Å²) in [7, 11) is 0. The third-order valence-corrected chi connectivity index (χ3v) is 3.56. The van der Waals surface area contributed by atoms with Gasteiger partial charge in [0.15, 0.2) is 0 Å². The second-order valence-corrected chi connectivity index (χ2v) is 4.76. The molecule has 4 rings (SSSR count). The van der Waals surface area contributed by atoms with Crippen LogP contribution in [0.2, 0.25) is 0 Å². The molecule has 0 unspecified atom stereocenters. The number of para-hydroxylation sites is 2. The molecule has 0 saturated carbocycles. The molecule has 2 N–H and O–H groups in total. The van der Waals surface area contributed by atoms with Crippen LogP contribution < -0.4 is 0 Å². The van der Waals surface area contributed by atoms with Crippen LogP contribution in [0.15, 0.2) is 55.0 Å². The molecule has 0 aliphatic carbocycles. The van der Waals surface area contributed by atoms with Crippen LogP contribution >= 0.6 is 0 Å². The fourth-order valence-electron chi connectivity index (χ4n) is 2.67. The zero-order chi connectivity index (χ0) is 12.7. The monoisotopic (exact) mass is 247 g/mol. The maximum atomic E-state index is 4.08. The molecule has 4 aromatic rings. The van der Waals surface area contributed by atoms with Gasteiger partial charge in [-0.05, 0) is 11.6 Å². The Labute approximate surface area is 110 Å². The lowest BCUT2D eigenvalue weighted by Gasteiger charge is -2.01. The van der Waals surface area contributed by atoms with Gasteiger partial charge in [-0.3, -0.25) is 0 Å². The number of benzene rings is 2. The largest absolute Gasteiger partial charge is 0.354 e. The lowest BCUT2D eigenvalue weighted by atomic mass is 10.1. The summed E-state index contributed by atoms with van der Waals surface area (Å²) >= 11 is 0. The number of aromatic amines is 2. The van der Waals surface area contributed by atoms with Gasteiger partial charge in [-0.15, -0.1) is 0 Å². The van der Waals surface area contributed by atoms with Crippen LogP contribution in [0, 0.1) is 0 Å². The van der Waals surface area contributed by atoms with Crippen LogP contribution in [0.25, 0.3) is 21.8 Å². The minimum Gasteiger partial charge on any atom is -0.354 e. The number of hydrogen-bond acceptors (Lipinski definition) is 1. The molecular formula is C16H13N3. The first-order valence-electron chi connectivity index (χ1n) is 6.37. The van der Waals surface area contributed by atoms with Crippen molar-refractivity contribution in [1.29, 1.82) is 0 Å². The molecule has 2 aromatic carbocycles. The number of hydrogen-bond donors (Lipinski definition) is 2. The number of rotatable bonds is 2. The van der Waals surface area contributed by atoms with E-state index in [9.17, 15) is 0 Å². The number of H-pyrrole nitrogens is 2. The number of imidazole rings is 1. The first-order chi connectivity index (χ1) is 9.42. The quantitative estimate of drug-likeness (QED) is 0.558. The van der Waals surface area contributed by atoms with E-state index in [4.69, 9.17) is 0 Å². The highest BCUT2D eigenvalue weighted by Crippen LogP contribution is 2.28. The zero-order valence-electron chi connectivity index (χ0n) is 10.4. The summed E-state index contributed by atoms with van der Waals surface area (Å²) in [5.74, 6) is 0. The predicted molar refractivity (Wildman–Crippen MR) is 77.2 cm³/mol. The zero-order valence-corrected chi connectivity index (χ0v) is 10.4. The van der Waals surface area contributed by atoms with Gasteiger partial charge in [-0.1, -0.05) is 36.4 Å². The second-order valence-electron chi connectivity index (χ2n) is 4.76. The van der Waals surface area contributed by atoms with Gasteiger partial charge in [-0.2, -0.15) is 0 Å². The van der Waals surface area contributed by atoms with Gasteiger partial charge in [0, 0.05) is 34.6 Å². The van der Waals surface area contributed by atoms with E-state index in [2.05, 4.69) is 57.4 Å². The third kappa shape index (κ3) is 1.63. The van der Waals surface area contributed by atoms with Crippen molar-refractivity contribution in [3.8, 4) is 0 Å². The molecule has 0 bridgehead atoms. The van der Waals surface area contributed by atoms with Crippen molar-refractivity contribution in [2.45, 2.75) is 6.42 Å². The topological polar surface area (TPSA) is 44.5 Å². The van der Waals surface area contributed by atoms with Crippen molar-refractivity contribution >= 4 is 21.8 Å². The summed E-state index contributed by atoms with van der Waals surface area (Å²) in [5.41, 5.74) is 4.83. The molecule has 19 heavy (non-hydrogen) atoms. The Morgan fingerprint density at radius 3 is 2.74 bits per heavy atom. The Morgan fingerprint density at radius 1 is 0.947 bits per heavy atom. The second kappa shape index (κ2) is 3.99. The van der Waals surface area contributed by atoms with Crippen molar-refractivity contribution < 1.29 is 0 Å². The summed E-state index contributed by atoms with van der Waals surface area (Å²) in [4.78, 5) is 10.8. The van der Waals surface area contributed by atoms with Crippen molar-refractivity contribution in [3.63, 3.8) is 0 Å². The van der Waals surface area contributed by atoms with Gasteiger partial charge >= 0.3 is 0 Å². The minimum atomic E-state index is 0.865. The molecule has 3 nitrogen and oxygen atoms in total. The summed E-state index contributed by atoms with van der Waals surface area (Å²) < 4.78 is 0. The molecule has 0 amide bonds. The van der Waals surface area contributed by atoms with Gasteiger partial charge in [0.05, 0.1) is 11.8 Å². The minimum absolute atomic E-state index is 0.865. The van der Waals surface area contributed by atoms with Crippen LogP contribution in [-0.4, -0.2) is 15.0 Å². The SMILES string of the molecule is c1ccc2c(c1)[nH]c1c(Cc3cnc[nH]3)cccc12. The van der Waals surface area contributed by atoms with Crippen LogP contribution in [0.3, 0.4) is 0 Å². The van der Waals surface area contributed by atoms with E-state index in [0.29, 0.717) is 0 Å². The Bertz CT molecular complexity index is 841. The molecule has 2 aromatic heterocycles. The van der Waals surface area contributed by atoms with Crippen molar-refractivity contribution in [3.05, 3.63) is 66.2 Å². The van der Waals surface area contributed by atoms with Gasteiger partial charge in [-0.25, -0.2) is 4.98 Å². The van der Waals surface area contributed by atoms with Gasteiger partial charge in [0.2, 0.25) is 0 Å². The number of aromatic nitrogens is 3. The lowest BCUT2D eigenvalue weighted by Crippen LogP contribution is -1.89. The molecule has 0 radical (unpaired) electrons. The van der Waals surface area contributed by atoms with Crippen molar-refractivity contribution in [2.75, 3.05) is 0 Å². The van der Waals surface area contributed by atoms with Crippen LogP contribution in [0.4, 0.5) is 0 Å². The number of nitrogens with one attached hydrogen (secondary N) is 2. The Kier molecular flexibility index (Phi) is 2.18. The van der Waals surface area contributed by atoms with Crippen LogP contribution in [0.1, 0.15) is 11.3 Å². The molecule has 0 fully saturated rings. The van der Waals surface area contributed by atoms with Crippen molar-refractivity contribution in [2.24, 2.45) is 0 Å². The average Bonchev–Trinajstić information content (AvgIpc) is 3.06. The Balaban J connectivity index is 1.96. The maximum Gasteiger partial charge on any atom is 0.0921 e. The first kappa shape index (κ1) is 10.4. The Morgan fingerprint density at radius 2 is 1.84 bits per heavy atom. The third-order valence-electron chi connectivity index (χ3n) is 3.56. The molecule has 2 heterocycles. The fraction of sp³-hybridized carbons (Fsp3) is 0.0625. The Hall–Kier alpha value is -2.55. The fourth-order valence-corrected chi connectivity index (χ4v) is 2.67. The highest BCUT2D eigenvalue weighted by molar-refractivity contribution is 6.08. The normalized spacial score (nSPS) is 11.4. The standard InChI is InChI=1S/C16H13N3/c1-2-7-15-13(5-1)14-6-3-4-11(16(14)19-15)8-12-9-17-10-18-12/h1-7,9-10,19H,8H2,(H,17,18). The molecular weight excluding hydrogens is 234 g/mol. The van der Waals surface area contributed by atoms with E-state index in [-0.39, 0.29) is 0 Å². The van der Waals surface area contributed by atoms with Crippen LogP contribution in [-0.2, 0) is 6.42 Å². The number of nitrogens with zero attached hydrogens (tertiary/aromatic N) is 1. The highest BCUT2D eigenvalue weighted by Gasteiger charge is 2.08. The van der Waals surface area contributed by atoms with Crippen molar-refractivity contribution in [1.82, 2.24) is 15.0 Å². The van der Waals surface area contributed by atoms with E-state index < -0.39 is 0 Å². The molecule has 3 heteroatoms. The van der Waals surface area contributed by atoms with Gasteiger partial charge in [0.1, 0.15) is 0 Å². The summed E-state index contributed by atoms with van der Waals surface area (Å²) in [6.45, 7) is 0. The number of fused-ring (bicyclic) bond motifs is 3. The van der Waals surface area contributed by atoms with E-state index >= 15 is 0 Å². The summed E-state index contributed by atoms with van der Waals surface area (Å²) in [6.07, 6.45) is 4.46. The lowest BCUT2D eigenvalue weighted by molar-refractivity contribution is 1.11. The van der Waals surface area contributed by atoms with Gasteiger partial charge < -0.3 is 9.97 Å². The molecule has 92 valence electrons. The molecule has 0 saturated heterocycles. The van der Waals surface area contributed by atoms with Crippen LogP contribution in [0.5, 0.6) is 0 Å². The van der Waals surface area contributed by atoms with E-state index in [0.717, 1.165) is 12.1 Å². The summed E-state index contributed by atoms with van der Waals surface area (Å²) in [6, 6.07) is 14.9. The maximum absolute atomic E-state index is 4.08. The smallest absolute Gasteiger partial charge is 0.0921 e. The molecule has 0 aliphatic heterocycles. The molecule has 0 aliphatic rings. The van der Waals surface area contributed by atoms with E-state index in [1.807, 2.05) is 6.20 Å².